The average Bonchev–Trinajstić information content (AvgIpc) is 3.42. The fourth-order valence-corrected chi connectivity index (χ4v) is 6.07. The van der Waals surface area contributed by atoms with Crippen LogP contribution in [-0.4, -0.2) is 45.8 Å². The lowest BCUT2D eigenvalue weighted by Crippen LogP contribution is -2.37. The second kappa shape index (κ2) is 9.16. The number of nitrogens with zero attached hydrogens (tertiary/aromatic N) is 3. The number of hydrogen-bond donors (Lipinski definition) is 1. The Morgan fingerprint density at radius 3 is 2.63 bits per heavy atom. The van der Waals surface area contributed by atoms with E-state index in [1.54, 1.807) is 16.2 Å². The standard InChI is InChI=1S/C18H24N4O2S3/c1-3-22(4-2)14(23)12-26-17-21-20-16(27-17)19-15(24)18(9-5-6-10-18)13-8-7-11-25-13/h7-8,11H,3-6,9-10,12H2,1-2H3,(H,19,20,24). The lowest BCUT2D eigenvalue weighted by molar-refractivity contribution is -0.128. The Kier molecular flexibility index (Phi) is 6.88. The molecule has 0 radical (unpaired) electrons. The largest absolute Gasteiger partial charge is 0.343 e. The summed E-state index contributed by atoms with van der Waals surface area (Å²) in [5.74, 6) is 0.436. The molecule has 0 aliphatic heterocycles. The maximum absolute atomic E-state index is 13.0. The summed E-state index contributed by atoms with van der Waals surface area (Å²) in [6.45, 7) is 5.35. The molecule has 2 amide bonds. The van der Waals surface area contributed by atoms with E-state index in [-0.39, 0.29) is 11.8 Å². The lowest BCUT2D eigenvalue weighted by Gasteiger charge is -2.25. The summed E-state index contributed by atoms with van der Waals surface area (Å²) in [5, 5.41) is 13.7. The van der Waals surface area contributed by atoms with Gasteiger partial charge in [0.2, 0.25) is 16.9 Å². The smallest absolute Gasteiger partial charge is 0.237 e. The van der Waals surface area contributed by atoms with Crippen molar-refractivity contribution in [1.82, 2.24) is 15.1 Å². The van der Waals surface area contributed by atoms with Crippen LogP contribution in [0.4, 0.5) is 5.13 Å². The molecular weight excluding hydrogens is 400 g/mol. The number of hydrogen-bond acceptors (Lipinski definition) is 7. The molecule has 0 saturated heterocycles. The SMILES string of the molecule is CCN(CC)C(=O)CSc1nnc(NC(=O)C2(c3cccs3)CCCC2)s1. The molecule has 6 nitrogen and oxygen atoms in total. The van der Waals surface area contributed by atoms with Gasteiger partial charge < -0.3 is 4.90 Å². The first-order valence-electron chi connectivity index (χ1n) is 9.18. The highest BCUT2D eigenvalue weighted by Gasteiger charge is 2.43. The molecule has 9 heteroatoms. The summed E-state index contributed by atoms with van der Waals surface area (Å²) in [6, 6.07) is 4.05. The van der Waals surface area contributed by atoms with E-state index in [9.17, 15) is 9.59 Å². The quantitative estimate of drug-likeness (QED) is 0.512. The third kappa shape index (κ3) is 4.52. The summed E-state index contributed by atoms with van der Waals surface area (Å²) in [6.07, 6.45) is 3.88. The molecule has 0 unspecified atom stereocenters. The van der Waals surface area contributed by atoms with Gasteiger partial charge in [-0.1, -0.05) is 42.0 Å². The van der Waals surface area contributed by atoms with Gasteiger partial charge in [-0.2, -0.15) is 0 Å². The number of anilines is 1. The molecule has 0 bridgehead atoms. The van der Waals surface area contributed by atoms with Crippen LogP contribution < -0.4 is 5.32 Å². The maximum Gasteiger partial charge on any atom is 0.237 e. The number of carbonyl (C=O) groups is 2. The fraction of sp³-hybridized carbons (Fsp3) is 0.556. The number of thiophene rings is 1. The zero-order chi connectivity index (χ0) is 19.3. The van der Waals surface area contributed by atoms with Gasteiger partial charge in [-0.05, 0) is 38.1 Å². The van der Waals surface area contributed by atoms with E-state index in [2.05, 4.69) is 21.6 Å². The molecule has 0 atom stereocenters. The maximum atomic E-state index is 13.0. The summed E-state index contributed by atoms with van der Waals surface area (Å²) >= 11 is 4.34. The molecule has 0 spiro atoms. The Morgan fingerprint density at radius 2 is 2.00 bits per heavy atom. The monoisotopic (exact) mass is 424 g/mol. The van der Waals surface area contributed by atoms with Gasteiger partial charge in [-0.3, -0.25) is 14.9 Å². The number of nitrogens with one attached hydrogen (secondary N) is 1. The molecule has 2 heterocycles. The van der Waals surface area contributed by atoms with Gasteiger partial charge in [0, 0.05) is 18.0 Å². The first kappa shape index (κ1) is 20.3. The van der Waals surface area contributed by atoms with Gasteiger partial charge in [-0.25, -0.2) is 0 Å². The van der Waals surface area contributed by atoms with Crippen LogP contribution in [0.15, 0.2) is 21.9 Å². The third-order valence-electron chi connectivity index (χ3n) is 4.95. The van der Waals surface area contributed by atoms with Crippen LogP contribution in [0.5, 0.6) is 0 Å². The minimum Gasteiger partial charge on any atom is -0.343 e. The van der Waals surface area contributed by atoms with Crippen LogP contribution in [0.2, 0.25) is 0 Å². The molecule has 1 fully saturated rings. The van der Waals surface area contributed by atoms with Gasteiger partial charge in [0.1, 0.15) is 0 Å². The van der Waals surface area contributed by atoms with Crippen molar-refractivity contribution >= 4 is 51.4 Å². The number of carbonyl (C=O) groups excluding carboxylic acids is 2. The van der Waals surface area contributed by atoms with Crippen LogP contribution in [0, 0.1) is 0 Å². The number of thioether (sulfide) groups is 1. The van der Waals surface area contributed by atoms with E-state index in [1.165, 1.54) is 23.1 Å². The Labute approximate surface area is 171 Å². The molecule has 1 N–H and O–H groups in total. The molecule has 3 rings (SSSR count). The predicted molar refractivity (Wildman–Crippen MR) is 112 cm³/mol. The highest BCUT2D eigenvalue weighted by molar-refractivity contribution is 8.01. The Morgan fingerprint density at radius 1 is 1.26 bits per heavy atom. The summed E-state index contributed by atoms with van der Waals surface area (Å²) in [4.78, 5) is 28.1. The van der Waals surface area contributed by atoms with Crippen molar-refractivity contribution in [2.75, 3.05) is 24.2 Å². The third-order valence-corrected chi connectivity index (χ3v) is 7.98. The zero-order valence-electron chi connectivity index (χ0n) is 15.6. The van der Waals surface area contributed by atoms with E-state index in [0.717, 1.165) is 30.6 Å². The molecular formula is C18H24N4O2S3. The number of aromatic nitrogens is 2. The second-order valence-corrected chi connectivity index (χ2v) is 9.60. The molecule has 1 aliphatic carbocycles. The van der Waals surface area contributed by atoms with E-state index >= 15 is 0 Å². The Balaban J connectivity index is 1.62. The van der Waals surface area contributed by atoms with Crippen LogP contribution in [0.1, 0.15) is 44.4 Å². The minimum atomic E-state index is -0.439. The average molecular weight is 425 g/mol. The second-order valence-electron chi connectivity index (χ2n) is 6.45. The summed E-state index contributed by atoms with van der Waals surface area (Å²) in [5.41, 5.74) is -0.439. The van der Waals surface area contributed by atoms with Crippen molar-refractivity contribution in [1.29, 1.82) is 0 Å². The van der Waals surface area contributed by atoms with E-state index in [1.807, 2.05) is 25.3 Å². The van der Waals surface area contributed by atoms with E-state index < -0.39 is 5.41 Å². The summed E-state index contributed by atoms with van der Waals surface area (Å²) < 4.78 is 0.697. The normalized spacial score (nSPS) is 15.6. The van der Waals surface area contributed by atoms with Crippen molar-refractivity contribution < 1.29 is 9.59 Å². The highest BCUT2D eigenvalue weighted by Crippen LogP contribution is 2.44. The topological polar surface area (TPSA) is 75.2 Å². The van der Waals surface area contributed by atoms with E-state index in [4.69, 9.17) is 0 Å². The van der Waals surface area contributed by atoms with Gasteiger partial charge in [-0.15, -0.1) is 21.5 Å². The van der Waals surface area contributed by atoms with Gasteiger partial charge >= 0.3 is 0 Å². The summed E-state index contributed by atoms with van der Waals surface area (Å²) in [7, 11) is 0. The zero-order valence-corrected chi connectivity index (χ0v) is 18.0. The van der Waals surface area contributed by atoms with Crippen LogP contribution in [0.3, 0.4) is 0 Å². The first-order chi connectivity index (χ1) is 13.1. The first-order valence-corrected chi connectivity index (χ1v) is 11.9. The van der Waals surface area contributed by atoms with Crippen molar-refractivity contribution in [3.8, 4) is 0 Å². The molecule has 146 valence electrons. The van der Waals surface area contributed by atoms with Crippen molar-refractivity contribution in [2.45, 2.75) is 49.3 Å². The number of rotatable bonds is 8. The minimum absolute atomic E-state index is 0.00867. The number of amides is 2. The fourth-order valence-electron chi connectivity index (χ4n) is 3.44. The van der Waals surface area contributed by atoms with Crippen LogP contribution in [-0.2, 0) is 15.0 Å². The van der Waals surface area contributed by atoms with Gasteiger partial charge in [0.25, 0.3) is 0 Å². The van der Waals surface area contributed by atoms with Crippen molar-refractivity contribution in [3.05, 3.63) is 22.4 Å². The van der Waals surface area contributed by atoms with Crippen LogP contribution in [0.25, 0.3) is 0 Å². The Hall–Kier alpha value is -1.45. The lowest BCUT2D eigenvalue weighted by atomic mass is 9.83. The van der Waals surface area contributed by atoms with Gasteiger partial charge in [0.05, 0.1) is 11.2 Å². The molecule has 2 aromatic heterocycles. The van der Waals surface area contributed by atoms with Crippen molar-refractivity contribution in [3.63, 3.8) is 0 Å². The van der Waals surface area contributed by atoms with Crippen molar-refractivity contribution in [2.24, 2.45) is 0 Å². The van der Waals surface area contributed by atoms with E-state index in [0.29, 0.717) is 28.3 Å². The van der Waals surface area contributed by atoms with Crippen LogP contribution >= 0.6 is 34.4 Å². The molecule has 27 heavy (non-hydrogen) atoms. The molecule has 1 aliphatic rings. The predicted octanol–water partition coefficient (Wildman–Crippen LogP) is 4.01. The highest BCUT2D eigenvalue weighted by atomic mass is 32.2. The van der Waals surface area contributed by atoms with Gasteiger partial charge in [0.15, 0.2) is 4.34 Å². The molecule has 0 aromatic carbocycles. The molecule has 2 aromatic rings. The Bertz CT molecular complexity index is 765. The molecule has 1 saturated carbocycles.